The fraction of sp³-hybridized carbons (Fsp3) is 0.526. The quantitative estimate of drug-likeness (QED) is 0.732. The van der Waals surface area contributed by atoms with Crippen LogP contribution in [0.15, 0.2) is 18.2 Å². The number of carbonyl (C=O) groups excluding carboxylic acids is 2. The molecule has 0 aliphatic carbocycles. The van der Waals surface area contributed by atoms with Crippen LogP contribution in [-0.2, 0) is 4.79 Å². The number of nitrogens with zero attached hydrogens (tertiary/aromatic N) is 5. The van der Waals surface area contributed by atoms with E-state index in [1.165, 1.54) is 18.1 Å². The Balaban J connectivity index is 1.40. The third-order valence-electron chi connectivity index (χ3n) is 5.21. The predicted octanol–water partition coefficient (Wildman–Crippen LogP) is 0.998. The van der Waals surface area contributed by atoms with Crippen molar-refractivity contribution < 1.29 is 14.0 Å². The molecule has 2 saturated heterocycles. The van der Waals surface area contributed by atoms with Crippen molar-refractivity contribution >= 4 is 17.6 Å². The molecule has 1 aromatic rings. The molecule has 0 unspecified atom stereocenters. The topological polar surface area (TPSA) is 82.9 Å². The van der Waals surface area contributed by atoms with Crippen LogP contribution in [0.2, 0.25) is 0 Å². The first-order valence-corrected chi connectivity index (χ1v) is 9.48. The molecular formula is C19H25FN6O2. The molecule has 0 radical (unpaired) electrons. The number of likely N-dealkylation sites (N-methyl/N-ethyl adjacent to an activating group) is 1. The van der Waals surface area contributed by atoms with Gasteiger partial charge in [-0.25, -0.2) is 14.6 Å². The highest BCUT2D eigenvalue weighted by Crippen LogP contribution is 2.25. The highest BCUT2D eigenvalue weighted by Gasteiger charge is 2.28. The molecule has 2 heterocycles. The fourth-order valence-corrected chi connectivity index (χ4v) is 3.54. The highest BCUT2D eigenvalue weighted by molar-refractivity contribution is 5.96. The van der Waals surface area contributed by atoms with E-state index in [0.29, 0.717) is 30.9 Å². The minimum absolute atomic E-state index is 0.144. The summed E-state index contributed by atoms with van der Waals surface area (Å²) in [6.45, 7) is 4.55. The van der Waals surface area contributed by atoms with E-state index in [1.807, 2.05) is 4.90 Å². The van der Waals surface area contributed by atoms with Gasteiger partial charge >= 0.3 is 6.03 Å². The number of halogens is 1. The van der Waals surface area contributed by atoms with E-state index in [0.717, 1.165) is 37.4 Å². The number of rotatable bonds is 6. The summed E-state index contributed by atoms with van der Waals surface area (Å²) in [5.74, 6) is -0.580. The van der Waals surface area contributed by atoms with Crippen molar-refractivity contribution in [3.05, 3.63) is 29.6 Å². The van der Waals surface area contributed by atoms with Crippen LogP contribution < -0.4 is 10.3 Å². The molecule has 3 rings (SSSR count). The van der Waals surface area contributed by atoms with E-state index in [1.54, 1.807) is 12.1 Å². The zero-order chi connectivity index (χ0) is 20.1. The molecule has 2 fully saturated rings. The number of unbranched alkanes of at least 4 members (excludes halogenated alkanes) is 1. The van der Waals surface area contributed by atoms with Crippen LogP contribution in [0.1, 0.15) is 18.4 Å². The van der Waals surface area contributed by atoms with E-state index in [2.05, 4.69) is 16.4 Å². The van der Waals surface area contributed by atoms with Gasteiger partial charge in [0.15, 0.2) is 0 Å². The number of benzene rings is 1. The Hall–Kier alpha value is -2.70. The SMILES string of the molecule is CN1C(=O)CNN(CCCCN2CCN(c3c(F)cccc3C#N)CC2)C1=O. The summed E-state index contributed by atoms with van der Waals surface area (Å²) < 4.78 is 14.2. The predicted molar refractivity (Wildman–Crippen MR) is 102 cm³/mol. The van der Waals surface area contributed by atoms with Crippen LogP contribution in [0.4, 0.5) is 14.9 Å². The Labute approximate surface area is 164 Å². The van der Waals surface area contributed by atoms with Crippen molar-refractivity contribution in [1.29, 1.82) is 5.26 Å². The van der Waals surface area contributed by atoms with E-state index >= 15 is 0 Å². The molecule has 0 bridgehead atoms. The van der Waals surface area contributed by atoms with Gasteiger partial charge in [0.1, 0.15) is 11.9 Å². The lowest BCUT2D eigenvalue weighted by atomic mass is 10.1. The number of nitriles is 1. The Kier molecular flexibility index (Phi) is 6.44. The number of piperazine rings is 1. The molecule has 2 aliphatic heterocycles. The standard InChI is InChI=1S/C19H25FN6O2/c1-23-17(27)14-22-26(19(23)28)8-3-2-7-24-9-11-25(12-10-24)18-15(13-21)5-4-6-16(18)20/h4-6,22H,2-3,7-12,14H2,1H3. The Morgan fingerprint density at radius 3 is 2.57 bits per heavy atom. The van der Waals surface area contributed by atoms with Crippen molar-refractivity contribution in [1.82, 2.24) is 20.2 Å². The van der Waals surface area contributed by atoms with Crippen molar-refractivity contribution in [2.45, 2.75) is 12.8 Å². The maximum Gasteiger partial charge on any atom is 0.340 e. The van der Waals surface area contributed by atoms with Gasteiger partial charge in [-0.15, -0.1) is 0 Å². The summed E-state index contributed by atoms with van der Waals surface area (Å²) >= 11 is 0. The summed E-state index contributed by atoms with van der Waals surface area (Å²) in [6, 6.07) is 6.35. The van der Waals surface area contributed by atoms with Crippen molar-refractivity contribution in [2.24, 2.45) is 0 Å². The average Bonchev–Trinajstić information content (AvgIpc) is 2.71. The normalized spacial score (nSPS) is 18.5. The molecule has 150 valence electrons. The smallest absolute Gasteiger partial charge is 0.340 e. The maximum atomic E-state index is 14.2. The van der Waals surface area contributed by atoms with E-state index in [-0.39, 0.29) is 24.3 Å². The molecule has 1 aromatic carbocycles. The van der Waals surface area contributed by atoms with Gasteiger partial charge < -0.3 is 4.90 Å². The lowest BCUT2D eigenvalue weighted by Crippen LogP contribution is -2.59. The first-order valence-electron chi connectivity index (χ1n) is 9.48. The van der Waals surface area contributed by atoms with Gasteiger partial charge in [0.25, 0.3) is 0 Å². The lowest BCUT2D eigenvalue weighted by Gasteiger charge is -2.36. The van der Waals surface area contributed by atoms with Gasteiger partial charge in [0.05, 0.1) is 17.8 Å². The summed E-state index contributed by atoms with van der Waals surface area (Å²) in [7, 11) is 1.49. The van der Waals surface area contributed by atoms with Crippen LogP contribution in [0.25, 0.3) is 0 Å². The second-order valence-corrected chi connectivity index (χ2v) is 7.01. The Bertz CT molecular complexity index is 772. The molecule has 9 heteroatoms. The van der Waals surface area contributed by atoms with Gasteiger partial charge in [-0.05, 0) is 31.5 Å². The molecule has 1 N–H and O–H groups in total. The first kappa shape index (κ1) is 20.0. The number of anilines is 1. The number of imide groups is 1. The number of para-hydroxylation sites is 1. The van der Waals surface area contributed by atoms with E-state index in [4.69, 9.17) is 0 Å². The second kappa shape index (κ2) is 8.99. The maximum absolute atomic E-state index is 14.2. The molecule has 28 heavy (non-hydrogen) atoms. The van der Waals surface area contributed by atoms with E-state index < -0.39 is 0 Å². The summed E-state index contributed by atoms with van der Waals surface area (Å²) in [6.07, 6.45) is 1.75. The molecule has 0 spiro atoms. The Morgan fingerprint density at radius 2 is 1.86 bits per heavy atom. The largest absolute Gasteiger partial charge is 0.366 e. The van der Waals surface area contributed by atoms with Crippen LogP contribution >= 0.6 is 0 Å². The number of carbonyl (C=O) groups is 2. The van der Waals surface area contributed by atoms with Gasteiger partial charge in [0, 0.05) is 39.8 Å². The number of urea groups is 1. The summed E-state index contributed by atoms with van der Waals surface area (Å²) in [5, 5.41) is 10.7. The number of hydrogen-bond donors (Lipinski definition) is 1. The summed E-state index contributed by atoms with van der Waals surface area (Å²) in [4.78, 5) is 28.8. The average molecular weight is 388 g/mol. The highest BCUT2D eigenvalue weighted by atomic mass is 19.1. The van der Waals surface area contributed by atoms with Gasteiger partial charge in [-0.1, -0.05) is 6.07 Å². The van der Waals surface area contributed by atoms with Gasteiger partial charge in [-0.3, -0.25) is 19.6 Å². The zero-order valence-corrected chi connectivity index (χ0v) is 16.0. The van der Waals surface area contributed by atoms with Gasteiger partial charge in [0.2, 0.25) is 5.91 Å². The van der Waals surface area contributed by atoms with Crippen LogP contribution in [0, 0.1) is 17.1 Å². The minimum atomic E-state index is -0.352. The molecular weight excluding hydrogens is 363 g/mol. The number of nitrogens with one attached hydrogen (secondary N) is 1. The fourth-order valence-electron chi connectivity index (χ4n) is 3.54. The third-order valence-corrected chi connectivity index (χ3v) is 5.21. The second-order valence-electron chi connectivity index (χ2n) is 7.01. The van der Waals surface area contributed by atoms with Crippen LogP contribution in [0.5, 0.6) is 0 Å². The number of hydrazine groups is 1. The van der Waals surface area contributed by atoms with Gasteiger partial charge in [-0.2, -0.15) is 5.26 Å². The van der Waals surface area contributed by atoms with Crippen LogP contribution in [-0.4, -0.2) is 79.6 Å². The monoisotopic (exact) mass is 388 g/mol. The zero-order valence-electron chi connectivity index (χ0n) is 16.0. The lowest BCUT2D eigenvalue weighted by molar-refractivity contribution is -0.130. The molecule has 2 aliphatic rings. The van der Waals surface area contributed by atoms with Crippen LogP contribution in [0.3, 0.4) is 0 Å². The minimum Gasteiger partial charge on any atom is -0.366 e. The molecule has 3 amide bonds. The van der Waals surface area contributed by atoms with Crippen molar-refractivity contribution in [2.75, 3.05) is 57.8 Å². The third kappa shape index (κ3) is 4.40. The summed E-state index contributed by atoms with van der Waals surface area (Å²) in [5.41, 5.74) is 3.61. The van der Waals surface area contributed by atoms with E-state index in [9.17, 15) is 19.2 Å². The molecule has 8 nitrogen and oxygen atoms in total. The number of hydrogen-bond acceptors (Lipinski definition) is 6. The van der Waals surface area contributed by atoms with Crippen molar-refractivity contribution in [3.8, 4) is 6.07 Å². The number of amides is 3. The Morgan fingerprint density at radius 1 is 1.14 bits per heavy atom. The molecule has 0 saturated carbocycles. The molecule has 0 atom stereocenters. The molecule has 0 aromatic heterocycles. The first-order chi connectivity index (χ1) is 13.5. The van der Waals surface area contributed by atoms with Crippen molar-refractivity contribution in [3.63, 3.8) is 0 Å².